The zero-order valence-electron chi connectivity index (χ0n) is 12.9. The first-order chi connectivity index (χ1) is 10.2. The van der Waals surface area contributed by atoms with E-state index in [2.05, 4.69) is 0 Å². The normalized spacial score (nSPS) is 12.8. The quantitative estimate of drug-likeness (QED) is 0.236. The van der Waals surface area contributed by atoms with E-state index >= 15 is 0 Å². The van der Waals surface area contributed by atoms with Crippen molar-refractivity contribution in [2.45, 2.75) is 14.7 Å². The number of nitrogens with two attached hydrogens (primary N) is 1. The summed E-state index contributed by atoms with van der Waals surface area (Å²) in [4.78, 5) is -2.89. The number of hydrogen-bond acceptors (Lipinski definition) is 7. The van der Waals surface area contributed by atoms with Crippen molar-refractivity contribution in [2.75, 3.05) is 5.73 Å². The molecule has 0 aliphatic carbocycles. The third kappa shape index (κ3) is 4.07. The summed E-state index contributed by atoms with van der Waals surface area (Å²) >= 11 is 0. The Labute approximate surface area is 160 Å². The van der Waals surface area contributed by atoms with E-state index in [1.165, 1.54) is 0 Å². The first-order valence-electron chi connectivity index (χ1n) is 5.51. The topological polar surface area (TPSA) is 189 Å². The van der Waals surface area contributed by atoms with Crippen molar-refractivity contribution in [3.63, 3.8) is 0 Å². The van der Waals surface area contributed by atoms with E-state index in [9.17, 15) is 34.4 Å². The molecule has 0 heterocycles. The Morgan fingerprint density at radius 3 is 1.71 bits per heavy atom. The van der Waals surface area contributed by atoms with Crippen molar-refractivity contribution < 1.29 is 69.9 Å². The number of nitrogen functional groups attached to an aromatic ring is 1. The van der Waals surface area contributed by atoms with E-state index in [1.54, 1.807) is 0 Å². The van der Waals surface area contributed by atoms with Crippen LogP contribution < -0.4 is 35.3 Å². The van der Waals surface area contributed by atoms with Crippen LogP contribution in [0.4, 0.5) is 5.69 Å². The van der Waals surface area contributed by atoms with Gasteiger partial charge in [-0.05, 0) is 24.3 Å². The number of anilines is 1. The van der Waals surface area contributed by atoms with Crippen molar-refractivity contribution in [1.29, 1.82) is 0 Å². The van der Waals surface area contributed by atoms with Crippen LogP contribution >= 0.6 is 0 Å². The summed E-state index contributed by atoms with van der Waals surface area (Å²) in [5, 5.41) is -1.12. The Morgan fingerprint density at radius 1 is 0.792 bits per heavy atom. The van der Waals surface area contributed by atoms with Gasteiger partial charge in [0.25, 0.3) is 30.4 Å². The van der Waals surface area contributed by atoms with Crippen LogP contribution in [-0.2, 0) is 30.4 Å². The Balaban J connectivity index is 0.00000288. The van der Waals surface area contributed by atoms with Gasteiger partial charge in [0, 0.05) is 16.5 Å². The Morgan fingerprint density at radius 2 is 1.29 bits per heavy atom. The summed E-state index contributed by atoms with van der Waals surface area (Å²) < 4.78 is 95.6. The summed E-state index contributed by atoms with van der Waals surface area (Å²) in [6.07, 6.45) is 0. The standard InChI is InChI=1S/C10H9NO9S3.Na.H/c11-7-1-2-8(22(15,16)17)6-3-5(21(12,13)14)4-9(10(6)7)23(18,19)20;;/h1-4H,11H2,(H,12,13,14)(H,15,16,17)(H,18,19,20);;/q;+1;-1. The van der Waals surface area contributed by atoms with Crippen LogP contribution in [0.2, 0.25) is 0 Å². The molecule has 0 aliphatic rings. The fourth-order valence-corrected chi connectivity index (χ4v) is 4.05. The van der Waals surface area contributed by atoms with Gasteiger partial charge in [-0.15, -0.1) is 0 Å². The first-order valence-corrected chi connectivity index (χ1v) is 9.83. The molecule has 0 fully saturated rings. The van der Waals surface area contributed by atoms with Gasteiger partial charge in [-0.25, -0.2) is 0 Å². The number of hydrogen-bond donors (Lipinski definition) is 4. The van der Waals surface area contributed by atoms with Crippen LogP contribution in [0.1, 0.15) is 1.43 Å². The van der Waals surface area contributed by atoms with Crippen LogP contribution in [0.15, 0.2) is 39.0 Å². The van der Waals surface area contributed by atoms with Gasteiger partial charge in [-0.1, -0.05) is 0 Å². The van der Waals surface area contributed by atoms with Crippen LogP contribution in [0.5, 0.6) is 0 Å². The summed E-state index contributed by atoms with van der Waals surface area (Å²) in [6, 6.07) is 2.79. The second-order valence-corrected chi connectivity index (χ2v) is 8.62. The first kappa shape index (κ1) is 21.3. The van der Waals surface area contributed by atoms with Crippen LogP contribution in [0.3, 0.4) is 0 Å². The molecule has 0 saturated heterocycles. The van der Waals surface area contributed by atoms with Crippen molar-refractivity contribution in [1.82, 2.24) is 0 Å². The van der Waals surface area contributed by atoms with Gasteiger partial charge < -0.3 is 7.16 Å². The summed E-state index contributed by atoms with van der Waals surface area (Å²) in [5.74, 6) is 0. The SMILES string of the molecule is Nc1ccc(S(=O)(=O)O)c2cc(S(=O)(=O)O)cc(S(=O)(=O)O)c12.[H-].[Na+]. The monoisotopic (exact) mass is 407 g/mol. The molecule has 0 aliphatic heterocycles. The van der Waals surface area contributed by atoms with E-state index in [0.29, 0.717) is 12.1 Å². The number of fused-ring (bicyclic) bond motifs is 1. The van der Waals surface area contributed by atoms with Gasteiger partial charge in [0.1, 0.15) is 9.79 Å². The summed E-state index contributed by atoms with van der Waals surface area (Å²) in [5.41, 5.74) is 5.26. The molecule has 0 spiro atoms. The van der Waals surface area contributed by atoms with Crippen molar-refractivity contribution >= 4 is 46.8 Å². The third-order valence-corrected chi connectivity index (χ3v) is 5.52. The van der Waals surface area contributed by atoms with E-state index in [4.69, 9.17) is 10.3 Å². The summed E-state index contributed by atoms with van der Waals surface area (Å²) in [7, 11) is -14.9. The summed E-state index contributed by atoms with van der Waals surface area (Å²) in [6.45, 7) is 0. The van der Waals surface area contributed by atoms with Gasteiger partial charge >= 0.3 is 29.6 Å². The predicted molar refractivity (Wildman–Crippen MR) is 78.9 cm³/mol. The van der Waals surface area contributed by atoms with Crippen LogP contribution in [0, 0.1) is 0 Å². The van der Waals surface area contributed by atoms with Crippen molar-refractivity contribution in [2.24, 2.45) is 0 Å². The molecule has 0 aromatic heterocycles. The minimum atomic E-state index is -5.03. The van der Waals surface area contributed by atoms with Gasteiger partial charge in [0.15, 0.2) is 0 Å². The maximum absolute atomic E-state index is 11.5. The van der Waals surface area contributed by atoms with Crippen LogP contribution in [0.25, 0.3) is 10.8 Å². The molecule has 128 valence electrons. The average molecular weight is 407 g/mol. The second kappa shape index (κ2) is 6.51. The fourth-order valence-electron chi connectivity index (χ4n) is 2.00. The van der Waals surface area contributed by atoms with E-state index in [-0.39, 0.29) is 36.7 Å². The van der Waals surface area contributed by atoms with E-state index in [0.717, 1.165) is 12.1 Å². The van der Waals surface area contributed by atoms with E-state index in [1.807, 2.05) is 0 Å². The molecule has 0 unspecified atom stereocenters. The largest absolute Gasteiger partial charge is 1.00 e. The minimum absolute atomic E-state index is 0. The smallest absolute Gasteiger partial charge is 1.00 e. The molecule has 10 nitrogen and oxygen atoms in total. The molecule has 0 radical (unpaired) electrons. The maximum Gasteiger partial charge on any atom is 1.00 e. The fraction of sp³-hybridized carbons (Fsp3) is 0. The molecule has 0 amide bonds. The van der Waals surface area contributed by atoms with Crippen molar-refractivity contribution in [3.05, 3.63) is 24.3 Å². The zero-order valence-corrected chi connectivity index (χ0v) is 16.4. The van der Waals surface area contributed by atoms with E-state index < -0.39 is 55.8 Å². The van der Waals surface area contributed by atoms with Gasteiger partial charge in [0.2, 0.25) is 0 Å². The van der Waals surface area contributed by atoms with Crippen LogP contribution in [-0.4, -0.2) is 38.9 Å². The third-order valence-electron chi connectivity index (χ3n) is 2.90. The molecule has 0 bridgehead atoms. The van der Waals surface area contributed by atoms with Gasteiger partial charge in [-0.3, -0.25) is 13.7 Å². The van der Waals surface area contributed by atoms with Gasteiger partial charge in [0.05, 0.1) is 4.90 Å². The number of rotatable bonds is 3. The molecule has 2 aromatic rings. The zero-order chi connectivity index (χ0) is 17.8. The molecule has 24 heavy (non-hydrogen) atoms. The molecular weight excluding hydrogens is 397 g/mol. The van der Waals surface area contributed by atoms with Crippen molar-refractivity contribution in [3.8, 4) is 0 Å². The maximum atomic E-state index is 11.5. The molecule has 5 N–H and O–H groups in total. The average Bonchev–Trinajstić information content (AvgIpc) is 2.34. The Bertz CT molecular complexity index is 1140. The minimum Gasteiger partial charge on any atom is -1.00 e. The molecule has 2 rings (SSSR count). The number of benzene rings is 2. The molecular formula is C10H10NNaO9S3. The Kier molecular flexibility index (Phi) is 5.77. The van der Waals surface area contributed by atoms with Gasteiger partial charge in [-0.2, -0.15) is 25.3 Å². The Hall–Kier alpha value is -0.770. The molecule has 2 aromatic carbocycles. The molecule has 0 saturated carbocycles. The predicted octanol–water partition coefficient (Wildman–Crippen LogP) is -2.72. The molecule has 14 heteroatoms. The second-order valence-electron chi connectivity index (χ2n) is 4.42. The molecule has 0 atom stereocenters.